The van der Waals surface area contributed by atoms with Gasteiger partial charge in [0.05, 0.1) is 7.11 Å². The van der Waals surface area contributed by atoms with Crippen molar-refractivity contribution in [2.24, 2.45) is 11.8 Å². The largest absolute Gasteiger partial charge is 0.497 e. The predicted molar refractivity (Wildman–Crippen MR) is 79.1 cm³/mol. The van der Waals surface area contributed by atoms with Crippen LogP contribution in [0.3, 0.4) is 0 Å². The maximum atomic E-state index is 12.2. The first kappa shape index (κ1) is 13.3. The third-order valence-corrected chi connectivity index (χ3v) is 4.46. The number of carbonyl (C=O) groups excluding carboxylic acids is 1. The van der Waals surface area contributed by atoms with Gasteiger partial charge in [-0.15, -0.1) is 0 Å². The molecule has 1 aromatic carbocycles. The Kier molecular flexibility index (Phi) is 3.55. The van der Waals surface area contributed by atoms with E-state index >= 15 is 0 Å². The third kappa shape index (κ3) is 2.60. The fraction of sp³-hybridized carbons (Fsp3) is 0.562. The molecule has 1 aliphatic carbocycles. The van der Waals surface area contributed by atoms with E-state index in [0.29, 0.717) is 17.7 Å². The van der Waals surface area contributed by atoms with E-state index in [1.165, 1.54) is 5.69 Å². The van der Waals surface area contributed by atoms with Crippen molar-refractivity contribution >= 4 is 11.6 Å². The van der Waals surface area contributed by atoms with Crippen LogP contribution in [0.1, 0.15) is 13.3 Å². The molecule has 1 saturated carbocycles. The molecule has 0 N–H and O–H groups in total. The first-order valence-corrected chi connectivity index (χ1v) is 7.37. The topological polar surface area (TPSA) is 32.8 Å². The lowest BCUT2D eigenvalue weighted by Crippen LogP contribution is -2.49. The Bertz CT molecular complexity index is 478. The molecule has 1 aromatic rings. The maximum absolute atomic E-state index is 12.2. The van der Waals surface area contributed by atoms with Crippen molar-refractivity contribution in [3.05, 3.63) is 24.3 Å². The van der Waals surface area contributed by atoms with Crippen LogP contribution in [0.15, 0.2) is 24.3 Å². The molecule has 20 heavy (non-hydrogen) atoms. The van der Waals surface area contributed by atoms with Crippen molar-refractivity contribution in [3.8, 4) is 5.75 Å². The Morgan fingerprint density at radius 1 is 1.15 bits per heavy atom. The fourth-order valence-electron chi connectivity index (χ4n) is 2.88. The van der Waals surface area contributed by atoms with Crippen molar-refractivity contribution < 1.29 is 9.53 Å². The summed E-state index contributed by atoms with van der Waals surface area (Å²) in [4.78, 5) is 16.6. The van der Waals surface area contributed by atoms with Gasteiger partial charge in [-0.1, -0.05) is 6.92 Å². The van der Waals surface area contributed by atoms with E-state index < -0.39 is 0 Å². The molecule has 3 rings (SSSR count). The molecule has 1 amide bonds. The van der Waals surface area contributed by atoms with Crippen molar-refractivity contribution in [1.29, 1.82) is 0 Å². The van der Waals surface area contributed by atoms with Crippen LogP contribution in [-0.2, 0) is 4.79 Å². The minimum atomic E-state index is 0.308. The number of anilines is 1. The van der Waals surface area contributed by atoms with Crippen LogP contribution in [0.25, 0.3) is 0 Å². The average Bonchev–Trinajstić information content (AvgIpc) is 3.24. The molecular weight excluding hydrogens is 252 g/mol. The van der Waals surface area contributed by atoms with E-state index in [1.54, 1.807) is 7.11 Å². The number of hydrogen-bond donors (Lipinski definition) is 0. The third-order valence-electron chi connectivity index (χ3n) is 4.46. The lowest BCUT2D eigenvalue weighted by atomic mass is 10.2. The molecule has 1 saturated heterocycles. The van der Waals surface area contributed by atoms with Gasteiger partial charge in [-0.2, -0.15) is 0 Å². The van der Waals surface area contributed by atoms with E-state index in [0.717, 1.165) is 38.3 Å². The molecule has 0 spiro atoms. The molecule has 4 nitrogen and oxygen atoms in total. The number of carbonyl (C=O) groups is 1. The van der Waals surface area contributed by atoms with Crippen LogP contribution < -0.4 is 9.64 Å². The number of methoxy groups -OCH3 is 1. The van der Waals surface area contributed by atoms with Gasteiger partial charge < -0.3 is 14.5 Å². The molecule has 4 heteroatoms. The Hall–Kier alpha value is -1.71. The zero-order valence-corrected chi connectivity index (χ0v) is 12.2. The zero-order valence-electron chi connectivity index (χ0n) is 12.2. The highest BCUT2D eigenvalue weighted by molar-refractivity contribution is 5.81. The van der Waals surface area contributed by atoms with E-state index in [4.69, 9.17) is 4.74 Å². The fourth-order valence-corrected chi connectivity index (χ4v) is 2.88. The average molecular weight is 274 g/mol. The second kappa shape index (κ2) is 5.35. The molecule has 0 bridgehead atoms. The SMILES string of the molecule is COc1ccc(N2CCN(C(=O)[C@@H]3C[C@H]3C)CC2)cc1. The van der Waals surface area contributed by atoms with Crippen molar-refractivity contribution in [1.82, 2.24) is 4.90 Å². The summed E-state index contributed by atoms with van der Waals surface area (Å²) in [6.45, 7) is 5.68. The molecule has 1 aliphatic heterocycles. The molecule has 108 valence electrons. The van der Waals surface area contributed by atoms with Crippen LogP contribution >= 0.6 is 0 Å². The quantitative estimate of drug-likeness (QED) is 0.845. The minimum absolute atomic E-state index is 0.308. The summed E-state index contributed by atoms with van der Waals surface area (Å²) in [6, 6.07) is 8.13. The first-order chi connectivity index (χ1) is 9.69. The minimum Gasteiger partial charge on any atom is -0.497 e. The van der Waals surface area contributed by atoms with E-state index in [2.05, 4.69) is 24.0 Å². The Labute approximate surface area is 120 Å². The van der Waals surface area contributed by atoms with Crippen molar-refractivity contribution in [3.63, 3.8) is 0 Å². The summed E-state index contributed by atoms with van der Waals surface area (Å²) < 4.78 is 5.18. The first-order valence-electron chi connectivity index (χ1n) is 7.37. The highest BCUT2D eigenvalue weighted by Gasteiger charge is 2.41. The van der Waals surface area contributed by atoms with Gasteiger partial charge in [0.25, 0.3) is 0 Å². The normalized spacial score (nSPS) is 25.5. The van der Waals surface area contributed by atoms with Gasteiger partial charge in [0, 0.05) is 37.8 Å². The summed E-state index contributed by atoms with van der Waals surface area (Å²) in [5.74, 6) is 2.15. The Balaban J connectivity index is 1.56. The van der Waals surface area contributed by atoms with E-state index in [-0.39, 0.29) is 0 Å². The molecule has 2 fully saturated rings. The van der Waals surface area contributed by atoms with Crippen LogP contribution in [0, 0.1) is 11.8 Å². The van der Waals surface area contributed by atoms with Crippen LogP contribution in [0.2, 0.25) is 0 Å². The smallest absolute Gasteiger partial charge is 0.226 e. The second-order valence-corrected chi connectivity index (χ2v) is 5.83. The molecule has 0 aromatic heterocycles. The molecular formula is C16H22N2O2. The number of hydrogen-bond acceptors (Lipinski definition) is 3. The molecule has 0 unspecified atom stereocenters. The number of ether oxygens (including phenoxy) is 1. The van der Waals surface area contributed by atoms with Crippen LogP contribution in [0.4, 0.5) is 5.69 Å². The summed E-state index contributed by atoms with van der Waals surface area (Å²) in [7, 11) is 1.68. The lowest BCUT2D eigenvalue weighted by molar-refractivity contribution is -0.133. The highest BCUT2D eigenvalue weighted by atomic mass is 16.5. The number of amides is 1. The van der Waals surface area contributed by atoms with E-state index in [9.17, 15) is 4.79 Å². The predicted octanol–water partition coefficient (Wildman–Crippen LogP) is 2.00. The summed E-state index contributed by atoms with van der Waals surface area (Å²) in [6.07, 6.45) is 1.08. The van der Waals surface area contributed by atoms with Gasteiger partial charge in [-0.05, 0) is 36.6 Å². The molecule has 2 atom stereocenters. The maximum Gasteiger partial charge on any atom is 0.226 e. The number of piperazine rings is 1. The standard InChI is InChI=1S/C16H22N2O2/c1-12-11-15(12)16(19)18-9-7-17(8-10-18)13-3-5-14(20-2)6-4-13/h3-6,12,15H,7-11H2,1-2H3/t12-,15-/m1/s1. The lowest BCUT2D eigenvalue weighted by Gasteiger charge is -2.36. The van der Waals surface area contributed by atoms with Crippen LogP contribution in [0.5, 0.6) is 5.75 Å². The number of rotatable bonds is 3. The van der Waals surface area contributed by atoms with E-state index in [1.807, 2.05) is 17.0 Å². The summed E-state index contributed by atoms with van der Waals surface area (Å²) in [5, 5.41) is 0. The Morgan fingerprint density at radius 3 is 2.25 bits per heavy atom. The van der Waals surface area contributed by atoms with Crippen molar-refractivity contribution in [2.75, 3.05) is 38.2 Å². The van der Waals surface area contributed by atoms with Gasteiger partial charge in [-0.3, -0.25) is 4.79 Å². The van der Waals surface area contributed by atoms with Gasteiger partial charge in [0.1, 0.15) is 5.75 Å². The monoisotopic (exact) mass is 274 g/mol. The number of benzene rings is 1. The summed E-state index contributed by atoms with van der Waals surface area (Å²) >= 11 is 0. The van der Waals surface area contributed by atoms with Gasteiger partial charge in [0.2, 0.25) is 5.91 Å². The van der Waals surface area contributed by atoms with Gasteiger partial charge >= 0.3 is 0 Å². The van der Waals surface area contributed by atoms with Gasteiger partial charge in [-0.25, -0.2) is 0 Å². The zero-order chi connectivity index (χ0) is 14.1. The van der Waals surface area contributed by atoms with Gasteiger partial charge in [0.15, 0.2) is 0 Å². The number of nitrogens with zero attached hydrogens (tertiary/aromatic N) is 2. The van der Waals surface area contributed by atoms with Crippen molar-refractivity contribution in [2.45, 2.75) is 13.3 Å². The molecule has 1 heterocycles. The molecule has 0 radical (unpaired) electrons. The second-order valence-electron chi connectivity index (χ2n) is 5.83. The highest BCUT2D eigenvalue weighted by Crippen LogP contribution is 2.39. The summed E-state index contributed by atoms with van der Waals surface area (Å²) in [5.41, 5.74) is 1.21. The molecule has 2 aliphatic rings. The Morgan fingerprint density at radius 2 is 1.75 bits per heavy atom. The van der Waals surface area contributed by atoms with Crippen LogP contribution in [-0.4, -0.2) is 44.1 Å².